The maximum atomic E-state index is 12.0. The number of carbonyl (C=O) groups excluding carboxylic acids is 2. The van der Waals surface area contributed by atoms with E-state index in [-0.39, 0.29) is 23.8 Å². The summed E-state index contributed by atoms with van der Waals surface area (Å²) in [6.07, 6.45) is 0. The molecule has 0 radical (unpaired) electrons. The second-order valence-corrected chi connectivity index (χ2v) is 5.03. The molecular formula is C15H23N3O2. The van der Waals surface area contributed by atoms with Gasteiger partial charge < -0.3 is 16.4 Å². The van der Waals surface area contributed by atoms with E-state index in [9.17, 15) is 9.59 Å². The Kier molecular flexibility index (Phi) is 5.70. The summed E-state index contributed by atoms with van der Waals surface area (Å²) < 4.78 is 0. The molecule has 0 aromatic heterocycles. The topological polar surface area (TPSA) is 84.2 Å². The lowest BCUT2D eigenvalue weighted by Crippen LogP contribution is -2.34. The summed E-state index contributed by atoms with van der Waals surface area (Å²) >= 11 is 0. The van der Waals surface area contributed by atoms with Crippen LogP contribution in [0.4, 0.5) is 5.69 Å². The molecule has 0 aliphatic heterocycles. The average molecular weight is 277 g/mol. The SMILES string of the molecule is CCNC(=O)c1ccc(NC(=O)C(C)C(C)N)c(C)c1. The summed E-state index contributed by atoms with van der Waals surface area (Å²) in [5, 5.41) is 5.58. The van der Waals surface area contributed by atoms with Crippen molar-refractivity contribution in [2.24, 2.45) is 11.7 Å². The first-order valence-electron chi connectivity index (χ1n) is 6.82. The molecule has 2 atom stereocenters. The van der Waals surface area contributed by atoms with Crippen LogP contribution >= 0.6 is 0 Å². The first kappa shape index (κ1) is 16.2. The van der Waals surface area contributed by atoms with Gasteiger partial charge in [-0.25, -0.2) is 0 Å². The van der Waals surface area contributed by atoms with Crippen molar-refractivity contribution < 1.29 is 9.59 Å². The van der Waals surface area contributed by atoms with Crippen molar-refractivity contribution in [3.8, 4) is 0 Å². The highest BCUT2D eigenvalue weighted by Crippen LogP contribution is 2.18. The van der Waals surface area contributed by atoms with Gasteiger partial charge >= 0.3 is 0 Å². The molecule has 0 saturated carbocycles. The Balaban J connectivity index is 2.84. The average Bonchev–Trinajstić information content (AvgIpc) is 2.40. The zero-order chi connectivity index (χ0) is 15.3. The standard InChI is InChI=1S/C15H23N3O2/c1-5-17-15(20)12-6-7-13(9(2)8-12)18-14(19)10(3)11(4)16/h6-8,10-11H,5,16H2,1-4H3,(H,17,20)(H,18,19). The van der Waals surface area contributed by atoms with Gasteiger partial charge in [-0.3, -0.25) is 9.59 Å². The van der Waals surface area contributed by atoms with Crippen molar-refractivity contribution in [3.05, 3.63) is 29.3 Å². The highest BCUT2D eigenvalue weighted by Gasteiger charge is 2.18. The van der Waals surface area contributed by atoms with Gasteiger partial charge in [-0.15, -0.1) is 0 Å². The zero-order valence-corrected chi connectivity index (χ0v) is 12.5. The molecule has 0 heterocycles. The Morgan fingerprint density at radius 1 is 1.30 bits per heavy atom. The Hall–Kier alpha value is -1.88. The van der Waals surface area contributed by atoms with Crippen LogP contribution in [0.1, 0.15) is 36.7 Å². The molecule has 0 saturated heterocycles. The van der Waals surface area contributed by atoms with Gasteiger partial charge in [0.25, 0.3) is 5.91 Å². The molecule has 5 nitrogen and oxygen atoms in total. The largest absolute Gasteiger partial charge is 0.352 e. The molecule has 0 fully saturated rings. The fourth-order valence-corrected chi connectivity index (χ4v) is 1.69. The van der Waals surface area contributed by atoms with Crippen LogP contribution in [0, 0.1) is 12.8 Å². The number of amides is 2. The fraction of sp³-hybridized carbons (Fsp3) is 0.467. The zero-order valence-electron chi connectivity index (χ0n) is 12.5. The van der Waals surface area contributed by atoms with Crippen molar-refractivity contribution in [2.45, 2.75) is 33.7 Å². The van der Waals surface area contributed by atoms with Crippen molar-refractivity contribution in [1.29, 1.82) is 0 Å². The molecule has 2 amide bonds. The van der Waals surface area contributed by atoms with Gasteiger partial charge in [-0.2, -0.15) is 0 Å². The number of nitrogens with two attached hydrogens (primary N) is 1. The van der Waals surface area contributed by atoms with E-state index in [2.05, 4.69) is 10.6 Å². The lowest BCUT2D eigenvalue weighted by atomic mass is 10.0. The molecule has 0 aliphatic carbocycles. The van der Waals surface area contributed by atoms with Crippen LogP contribution in [-0.2, 0) is 4.79 Å². The summed E-state index contributed by atoms with van der Waals surface area (Å²) in [6, 6.07) is 5.00. The van der Waals surface area contributed by atoms with E-state index in [4.69, 9.17) is 5.73 Å². The number of carbonyl (C=O) groups is 2. The van der Waals surface area contributed by atoms with Gasteiger partial charge in [0.05, 0.1) is 5.92 Å². The van der Waals surface area contributed by atoms with Gasteiger partial charge in [0, 0.05) is 23.8 Å². The van der Waals surface area contributed by atoms with Gasteiger partial charge in [-0.1, -0.05) is 6.92 Å². The molecular weight excluding hydrogens is 254 g/mol. The Labute approximate surface area is 119 Å². The minimum Gasteiger partial charge on any atom is -0.352 e. The molecule has 1 aromatic carbocycles. The van der Waals surface area contributed by atoms with E-state index in [0.29, 0.717) is 17.8 Å². The van der Waals surface area contributed by atoms with Crippen LogP contribution < -0.4 is 16.4 Å². The Morgan fingerprint density at radius 2 is 1.95 bits per heavy atom. The third-order valence-electron chi connectivity index (χ3n) is 3.29. The summed E-state index contributed by atoms with van der Waals surface area (Å²) in [5.74, 6) is -0.497. The van der Waals surface area contributed by atoms with Crippen molar-refractivity contribution in [1.82, 2.24) is 5.32 Å². The number of aryl methyl sites for hydroxylation is 1. The van der Waals surface area contributed by atoms with Crippen LogP contribution in [0.3, 0.4) is 0 Å². The Bertz CT molecular complexity index is 498. The lowest BCUT2D eigenvalue weighted by molar-refractivity contribution is -0.119. The van der Waals surface area contributed by atoms with Crippen LogP contribution in [0.15, 0.2) is 18.2 Å². The normalized spacial score (nSPS) is 13.4. The summed E-state index contributed by atoms with van der Waals surface area (Å²) in [4.78, 5) is 23.7. The van der Waals surface area contributed by atoms with E-state index < -0.39 is 0 Å². The van der Waals surface area contributed by atoms with Crippen LogP contribution in [0.5, 0.6) is 0 Å². The van der Waals surface area contributed by atoms with E-state index in [1.165, 1.54) is 0 Å². The predicted octanol–water partition coefficient (Wildman–Crippen LogP) is 1.67. The Morgan fingerprint density at radius 3 is 2.45 bits per heavy atom. The fourth-order valence-electron chi connectivity index (χ4n) is 1.69. The number of hydrogen-bond acceptors (Lipinski definition) is 3. The molecule has 20 heavy (non-hydrogen) atoms. The molecule has 0 aliphatic rings. The molecule has 110 valence electrons. The maximum absolute atomic E-state index is 12.0. The lowest BCUT2D eigenvalue weighted by Gasteiger charge is -2.16. The van der Waals surface area contributed by atoms with E-state index >= 15 is 0 Å². The van der Waals surface area contributed by atoms with Gasteiger partial charge in [0.15, 0.2) is 0 Å². The summed E-state index contributed by atoms with van der Waals surface area (Å²) in [5.41, 5.74) is 7.85. The quantitative estimate of drug-likeness (QED) is 0.765. The molecule has 1 aromatic rings. The van der Waals surface area contributed by atoms with Gasteiger partial charge in [-0.05, 0) is 44.5 Å². The molecule has 1 rings (SSSR count). The van der Waals surface area contributed by atoms with Crippen LogP contribution in [-0.4, -0.2) is 24.4 Å². The van der Waals surface area contributed by atoms with Crippen molar-refractivity contribution in [2.75, 3.05) is 11.9 Å². The first-order chi connectivity index (χ1) is 9.36. The smallest absolute Gasteiger partial charge is 0.251 e. The van der Waals surface area contributed by atoms with Gasteiger partial charge in [0.1, 0.15) is 0 Å². The van der Waals surface area contributed by atoms with Crippen molar-refractivity contribution >= 4 is 17.5 Å². The first-order valence-corrected chi connectivity index (χ1v) is 6.82. The summed E-state index contributed by atoms with van der Waals surface area (Å²) in [7, 11) is 0. The minimum absolute atomic E-state index is 0.113. The number of hydrogen-bond donors (Lipinski definition) is 3. The molecule has 0 spiro atoms. The molecule has 5 heteroatoms. The third kappa shape index (κ3) is 4.06. The third-order valence-corrected chi connectivity index (χ3v) is 3.29. The van der Waals surface area contributed by atoms with E-state index in [1.807, 2.05) is 13.8 Å². The van der Waals surface area contributed by atoms with Crippen molar-refractivity contribution in [3.63, 3.8) is 0 Å². The second-order valence-electron chi connectivity index (χ2n) is 5.03. The molecule has 0 bridgehead atoms. The van der Waals surface area contributed by atoms with Gasteiger partial charge in [0.2, 0.25) is 5.91 Å². The van der Waals surface area contributed by atoms with E-state index in [0.717, 1.165) is 5.56 Å². The van der Waals surface area contributed by atoms with Crippen LogP contribution in [0.2, 0.25) is 0 Å². The summed E-state index contributed by atoms with van der Waals surface area (Å²) in [6.45, 7) is 7.90. The maximum Gasteiger partial charge on any atom is 0.251 e. The minimum atomic E-state index is -0.266. The highest BCUT2D eigenvalue weighted by molar-refractivity contribution is 5.97. The monoisotopic (exact) mass is 277 g/mol. The second kappa shape index (κ2) is 7.05. The number of anilines is 1. The van der Waals surface area contributed by atoms with Crippen LogP contribution in [0.25, 0.3) is 0 Å². The molecule has 2 unspecified atom stereocenters. The van der Waals surface area contributed by atoms with E-state index in [1.54, 1.807) is 32.0 Å². The number of benzene rings is 1. The highest BCUT2D eigenvalue weighted by atomic mass is 16.2. The molecule has 4 N–H and O–H groups in total. The number of rotatable bonds is 5. The number of nitrogens with one attached hydrogen (secondary N) is 2. The predicted molar refractivity (Wildman–Crippen MR) is 80.6 cm³/mol.